The number of aromatic nitrogens is 3. The maximum atomic E-state index is 6.15. The Bertz CT molecular complexity index is 1150. The summed E-state index contributed by atoms with van der Waals surface area (Å²) in [5.74, 6) is 0.901. The molecule has 3 aromatic rings. The van der Waals surface area contributed by atoms with Crippen molar-refractivity contribution in [3.8, 4) is 17.0 Å². The van der Waals surface area contributed by atoms with E-state index in [4.69, 9.17) is 21.4 Å². The van der Waals surface area contributed by atoms with Crippen LogP contribution in [-0.4, -0.2) is 59.5 Å². The monoisotopic (exact) mass is 463 g/mol. The largest absolute Gasteiger partial charge is 0.492 e. The number of benzene rings is 1. The van der Waals surface area contributed by atoms with Crippen LogP contribution in [0.1, 0.15) is 30.5 Å². The van der Waals surface area contributed by atoms with Gasteiger partial charge in [-0.1, -0.05) is 18.0 Å². The van der Waals surface area contributed by atoms with Gasteiger partial charge in [0.25, 0.3) is 0 Å². The summed E-state index contributed by atoms with van der Waals surface area (Å²) < 4.78 is 7.88. The lowest BCUT2D eigenvalue weighted by Gasteiger charge is -2.27. The maximum absolute atomic E-state index is 6.15. The fourth-order valence-corrected chi connectivity index (χ4v) is 4.86. The number of fused-ring (bicyclic) bond motifs is 1. The van der Waals surface area contributed by atoms with Gasteiger partial charge in [0.2, 0.25) is 0 Å². The summed E-state index contributed by atoms with van der Waals surface area (Å²) in [5.41, 5.74) is 6.28. The first-order valence-electron chi connectivity index (χ1n) is 11.6. The fourth-order valence-electron chi connectivity index (χ4n) is 4.71. The Balaban J connectivity index is 1.34. The van der Waals surface area contributed by atoms with Crippen LogP contribution in [0.3, 0.4) is 0 Å². The van der Waals surface area contributed by atoms with Crippen molar-refractivity contribution in [2.45, 2.75) is 19.3 Å². The van der Waals surface area contributed by atoms with Gasteiger partial charge in [0, 0.05) is 44.5 Å². The van der Waals surface area contributed by atoms with E-state index in [2.05, 4.69) is 46.2 Å². The van der Waals surface area contributed by atoms with Crippen molar-refractivity contribution in [2.75, 3.05) is 44.7 Å². The smallest absolute Gasteiger partial charge is 0.129 e. The van der Waals surface area contributed by atoms with Gasteiger partial charge >= 0.3 is 0 Å². The molecule has 0 aliphatic carbocycles. The van der Waals surface area contributed by atoms with E-state index in [-0.39, 0.29) is 0 Å². The minimum absolute atomic E-state index is 0.502. The van der Waals surface area contributed by atoms with Gasteiger partial charge in [0.1, 0.15) is 17.5 Å². The molecule has 1 fully saturated rings. The highest BCUT2D eigenvalue weighted by Gasteiger charge is 2.22. The molecule has 33 heavy (non-hydrogen) atoms. The molecule has 1 aromatic carbocycles. The third kappa shape index (κ3) is 4.92. The molecular weight excluding hydrogens is 434 g/mol. The van der Waals surface area contributed by atoms with E-state index in [0.717, 1.165) is 53.6 Å². The van der Waals surface area contributed by atoms with Crippen LogP contribution in [0.25, 0.3) is 22.9 Å². The van der Waals surface area contributed by atoms with E-state index in [1.165, 1.54) is 37.9 Å². The zero-order chi connectivity index (χ0) is 22.8. The van der Waals surface area contributed by atoms with Crippen molar-refractivity contribution in [1.29, 1.82) is 0 Å². The normalized spacial score (nSPS) is 16.5. The second-order valence-corrected chi connectivity index (χ2v) is 9.29. The number of hydrogen-bond acceptors (Lipinski definition) is 5. The van der Waals surface area contributed by atoms with Crippen LogP contribution in [0.15, 0.2) is 42.6 Å². The van der Waals surface area contributed by atoms with Crippen molar-refractivity contribution < 1.29 is 4.74 Å². The molecule has 2 aromatic heterocycles. The summed E-state index contributed by atoms with van der Waals surface area (Å²) >= 11 is 6.15. The number of nitrogens with zero attached hydrogens (tertiary/aromatic N) is 5. The second kappa shape index (κ2) is 9.57. The number of anilines is 1. The fraction of sp³-hybridized carbons (Fsp3) is 0.385. The van der Waals surface area contributed by atoms with Crippen LogP contribution >= 0.6 is 11.6 Å². The van der Waals surface area contributed by atoms with Crippen LogP contribution in [0.4, 0.5) is 5.69 Å². The number of halogens is 1. The molecule has 0 atom stereocenters. The van der Waals surface area contributed by atoms with Gasteiger partial charge in [0.15, 0.2) is 0 Å². The summed E-state index contributed by atoms with van der Waals surface area (Å²) in [5, 5.41) is 5.27. The molecule has 0 amide bonds. The topological polar surface area (TPSA) is 46.4 Å². The first kappa shape index (κ1) is 22.0. The molecule has 6 nitrogen and oxygen atoms in total. The Kier molecular flexibility index (Phi) is 6.38. The molecule has 0 unspecified atom stereocenters. The molecule has 0 bridgehead atoms. The number of ether oxygens (including phenoxy) is 1. The van der Waals surface area contributed by atoms with Crippen LogP contribution in [0.2, 0.25) is 5.15 Å². The highest BCUT2D eigenvalue weighted by Crippen LogP contribution is 2.35. The average molecular weight is 464 g/mol. The summed E-state index contributed by atoms with van der Waals surface area (Å²) in [7, 11) is 4.04. The first-order chi connectivity index (χ1) is 16.1. The molecular formula is C26H30ClN5O. The number of pyridine rings is 1. The van der Waals surface area contributed by atoms with Crippen molar-refractivity contribution in [3.63, 3.8) is 0 Å². The van der Waals surface area contributed by atoms with Gasteiger partial charge in [-0.05, 0) is 74.0 Å². The van der Waals surface area contributed by atoms with E-state index < -0.39 is 0 Å². The third-order valence-electron chi connectivity index (χ3n) is 6.43. The molecule has 0 radical (unpaired) electrons. The van der Waals surface area contributed by atoms with Gasteiger partial charge in [-0.3, -0.25) is 9.58 Å². The minimum Gasteiger partial charge on any atom is -0.492 e. The summed E-state index contributed by atoms with van der Waals surface area (Å²) in [6.07, 6.45) is 8.18. The van der Waals surface area contributed by atoms with E-state index in [9.17, 15) is 0 Å². The number of rotatable bonds is 6. The van der Waals surface area contributed by atoms with Crippen LogP contribution in [-0.2, 0) is 7.05 Å². The molecule has 2 aliphatic rings. The highest BCUT2D eigenvalue weighted by atomic mass is 35.5. The summed E-state index contributed by atoms with van der Waals surface area (Å²) in [4.78, 5) is 9.21. The van der Waals surface area contributed by atoms with Crippen LogP contribution < -0.4 is 9.64 Å². The SMILES string of the molecule is CN1CC(c2cn(C)nc2-c2ccc(OCCN3CCCCC3)cc2)=Cc2nc(Cl)ccc21. The van der Waals surface area contributed by atoms with Gasteiger partial charge < -0.3 is 9.64 Å². The Morgan fingerprint density at radius 3 is 2.58 bits per heavy atom. The zero-order valence-corrected chi connectivity index (χ0v) is 20.1. The lowest BCUT2D eigenvalue weighted by Crippen LogP contribution is -2.33. The molecule has 0 spiro atoms. The lowest BCUT2D eigenvalue weighted by molar-refractivity contribution is 0.183. The van der Waals surface area contributed by atoms with E-state index in [1.54, 1.807) is 0 Å². The van der Waals surface area contributed by atoms with Gasteiger partial charge in [-0.25, -0.2) is 4.98 Å². The second-order valence-electron chi connectivity index (χ2n) is 8.90. The third-order valence-corrected chi connectivity index (χ3v) is 6.64. The van der Waals surface area contributed by atoms with Crippen molar-refractivity contribution in [1.82, 2.24) is 19.7 Å². The number of hydrogen-bond donors (Lipinski definition) is 0. The molecule has 2 aliphatic heterocycles. The molecule has 7 heteroatoms. The number of likely N-dealkylation sites (N-methyl/N-ethyl adjacent to an activating group) is 1. The van der Waals surface area contributed by atoms with E-state index in [0.29, 0.717) is 5.15 Å². The van der Waals surface area contributed by atoms with Gasteiger partial charge in [-0.15, -0.1) is 0 Å². The Morgan fingerprint density at radius 1 is 1.00 bits per heavy atom. The minimum atomic E-state index is 0.502. The molecule has 172 valence electrons. The van der Waals surface area contributed by atoms with Crippen molar-refractivity contribution in [3.05, 3.63) is 59.0 Å². The van der Waals surface area contributed by atoms with Crippen LogP contribution in [0, 0.1) is 0 Å². The Hall–Kier alpha value is -2.83. The predicted octanol–water partition coefficient (Wildman–Crippen LogP) is 4.99. The van der Waals surface area contributed by atoms with E-state index in [1.807, 2.05) is 36.0 Å². The number of piperidine rings is 1. The summed E-state index contributed by atoms with van der Waals surface area (Å²) in [6.45, 7) is 4.90. The lowest BCUT2D eigenvalue weighted by atomic mass is 9.97. The molecule has 5 rings (SSSR count). The average Bonchev–Trinajstić information content (AvgIpc) is 3.21. The molecule has 0 saturated carbocycles. The Morgan fingerprint density at radius 2 is 1.79 bits per heavy atom. The highest BCUT2D eigenvalue weighted by molar-refractivity contribution is 6.29. The quantitative estimate of drug-likeness (QED) is 0.482. The predicted molar refractivity (Wildman–Crippen MR) is 135 cm³/mol. The maximum Gasteiger partial charge on any atom is 0.129 e. The zero-order valence-electron chi connectivity index (χ0n) is 19.3. The number of aryl methyl sites for hydroxylation is 1. The molecule has 4 heterocycles. The van der Waals surface area contributed by atoms with Crippen LogP contribution in [0.5, 0.6) is 5.75 Å². The van der Waals surface area contributed by atoms with Crippen molar-refractivity contribution in [2.24, 2.45) is 7.05 Å². The molecule has 1 saturated heterocycles. The standard InChI is InChI=1S/C26H30ClN5O/c1-30-17-20(16-23-24(30)10-11-25(27)28-23)22-18-31(2)29-26(22)19-6-8-21(9-7-19)33-15-14-32-12-4-3-5-13-32/h6-11,16,18H,3-5,12-15,17H2,1-2H3. The Labute approximate surface area is 200 Å². The van der Waals surface area contributed by atoms with Crippen molar-refractivity contribution >= 4 is 28.9 Å². The van der Waals surface area contributed by atoms with E-state index >= 15 is 0 Å². The van der Waals surface area contributed by atoms with Gasteiger partial charge in [0.05, 0.1) is 17.1 Å². The number of likely N-dealkylation sites (tertiary alicyclic amines) is 1. The molecule has 0 N–H and O–H groups in total. The summed E-state index contributed by atoms with van der Waals surface area (Å²) in [6, 6.07) is 12.1. The van der Waals surface area contributed by atoms with Gasteiger partial charge in [-0.2, -0.15) is 5.10 Å². The first-order valence-corrected chi connectivity index (χ1v) is 12.0.